The van der Waals surface area contributed by atoms with Crippen LogP contribution in [0.2, 0.25) is 0 Å². The molecule has 10 heteroatoms. The number of benzene rings is 1. The van der Waals surface area contributed by atoms with Gasteiger partial charge in [-0.25, -0.2) is 9.18 Å². The maximum Gasteiger partial charge on any atom is 0.469 e. The Morgan fingerprint density at radius 3 is 2.68 bits per heavy atom. The van der Waals surface area contributed by atoms with Crippen LogP contribution in [0.5, 0.6) is 5.75 Å². The summed E-state index contributed by atoms with van der Waals surface area (Å²) in [6.45, 7) is 13.5. The van der Waals surface area contributed by atoms with E-state index in [4.69, 9.17) is 9.47 Å². The lowest BCUT2D eigenvalue weighted by Gasteiger charge is -2.60. The molecule has 1 aromatic carbocycles. The zero-order valence-electron chi connectivity index (χ0n) is 25.2. The molecular weight excluding hydrogens is 526 g/mol. The molecule has 224 valence electrons. The van der Waals surface area contributed by atoms with E-state index < -0.39 is 48.5 Å². The number of hydrogen-bond donors (Lipinski definition) is 2. The minimum Gasteiger partial charge on any atom is -0.479 e. The van der Waals surface area contributed by atoms with Crippen molar-refractivity contribution in [3.8, 4) is 5.75 Å². The smallest absolute Gasteiger partial charge is 0.469 e. The fraction of sp³-hybridized carbons (Fsp3) is 0.645. The van der Waals surface area contributed by atoms with Crippen LogP contribution >= 0.6 is 0 Å². The van der Waals surface area contributed by atoms with Crippen molar-refractivity contribution in [2.24, 2.45) is 33.2 Å². The summed E-state index contributed by atoms with van der Waals surface area (Å²) >= 11 is 0. The number of ketones is 1. The van der Waals surface area contributed by atoms with E-state index in [1.165, 1.54) is 24.2 Å². The maximum atomic E-state index is 15.3. The van der Waals surface area contributed by atoms with Gasteiger partial charge in [0, 0.05) is 29.8 Å². The molecule has 1 aromatic rings. The van der Waals surface area contributed by atoms with Gasteiger partial charge >= 0.3 is 13.0 Å². The zero-order valence-corrected chi connectivity index (χ0v) is 25.2. The van der Waals surface area contributed by atoms with Crippen LogP contribution in [0.4, 0.5) is 4.39 Å². The highest BCUT2D eigenvalue weighted by molar-refractivity contribution is 6.65. The molecule has 3 aliphatic rings. The number of aliphatic hydroxyl groups is 1. The third kappa shape index (κ3) is 5.69. The number of nitrogens with zero attached hydrogens (tertiary/aromatic N) is 2. The lowest BCUT2D eigenvalue weighted by molar-refractivity contribution is -0.190. The molecule has 0 unspecified atom stereocenters. The number of hydrazone groups is 1. The third-order valence-electron chi connectivity index (χ3n) is 10.6. The van der Waals surface area contributed by atoms with Gasteiger partial charge in [0.2, 0.25) is 0 Å². The molecule has 0 amide bonds. The Balaban J connectivity index is 1.59. The number of hydrogen-bond acceptors (Lipinski definition) is 8. The van der Waals surface area contributed by atoms with Crippen LogP contribution in [0.3, 0.4) is 0 Å². The first-order valence-corrected chi connectivity index (χ1v) is 14.6. The molecule has 1 aliphatic heterocycles. The summed E-state index contributed by atoms with van der Waals surface area (Å²) in [4.78, 5) is 26.5. The molecule has 2 aliphatic carbocycles. The van der Waals surface area contributed by atoms with Gasteiger partial charge in [-0.2, -0.15) is 5.10 Å². The van der Waals surface area contributed by atoms with E-state index in [2.05, 4.69) is 32.5 Å². The highest BCUT2D eigenvalue weighted by Gasteiger charge is 2.58. The Labute approximate surface area is 243 Å². The van der Waals surface area contributed by atoms with Gasteiger partial charge < -0.3 is 29.3 Å². The fourth-order valence-corrected chi connectivity index (χ4v) is 7.39. The second kappa shape index (κ2) is 11.5. The van der Waals surface area contributed by atoms with Crippen molar-refractivity contribution in [1.82, 2.24) is 4.92 Å². The molecule has 41 heavy (non-hydrogen) atoms. The Hall–Kier alpha value is -2.72. The number of aliphatic hydroxyl groups excluding tert-OH is 1. The van der Waals surface area contributed by atoms with Crippen LogP contribution in [-0.2, 0) is 14.3 Å². The number of rotatable bonds is 8. The quantitative estimate of drug-likeness (QED) is 0.278. The molecule has 0 aromatic heterocycles. The minimum atomic E-state index is -1.28. The third-order valence-corrected chi connectivity index (χ3v) is 10.6. The average molecular weight is 571 g/mol. The molecular formula is C31H44BFN2O6. The van der Waals surface area contributed by atoms with Gasteiger partial charge in [0.05, 0.1) is 12.3 Å². The molecule has 0 radical (unpaired) electrons. The molecule has 1 heterocycles. The SMILES string of the molecule is C=C[C@]1(C)C[C@@H](OC(=O)COc2ccc3c(c2F)B(O)N(C)N=C3)[C@@]2(C)C[C@](CCC(C)=O)(CC[C@H]2C)[C@@H](C)[C@@H]1O. The molecule has 2 bridgehead atoms. The maximum absolute atomic E-state index is 15.3. The lowest BCUT2D eigenvalue weighted by atomic mass is 9.47. The van der Waals surface area contributed by atoms with E-state index >= 15 is 4.39 Å². The van der Waals surface area contributed by atoms with Crippen molar-refractivity contribution in [1.29, 1.82) is 0 Å². The zero-order chi connectivity index (χ0) is 30.3. The normalized spacial score (nSPS) is 34.8. The van der Waals surface area contributed by atoms with E-state index in [1.807, 2.05) is 6.92 Å². The van der Waals surface area contributed by atoms with Crippen LogP contribution in [-0.4, -0.2) is 65.9 Å². The number of carbonyl (C=O) groups excluding carboxylic acids is 2. The van der Waals surface area contributed by atoms with Crippen molar-refractivity contribution in [2.45, 2.75) is 85.4 Å². The molecule has 8 nitrogen and oxygen atoms in total. The predicted octanol–water partition coefficient (Wildman–Crippen LogP) is 3.86. The van der Waals surface area contributed by atoms with E-state index in [0.717, 1.165) is 12.8 Å². The molecule has 0 spiro atoms. The van der Waals surface area contributed by atoms with Gasteiger partial charge in [0.1, 0.15) is 11.9 Å². The van der Waals surface area contributed by atoms with Gasteiger partial charge in [0.15, 0.2) is 18.2 Å². The van der Waals surface area contributed by atoms with Gasteiger partial charge in [-0.3, -0.25) is 0 Å². The fourth-order valence-electron chi connectivity index (χ4n) is 7.39. The summed E-state index contributed by atoms with van der Waals surface area (Å²) in [5.74, 6) is -1.30. The van der Waals surface area contributed by atoms with Crippen LogP contribution in [0, 0.1) is 33.9 Å². The monoisotopic (exact) mass is 570 g/mol. The lowest BCUT2D eigenvalue weighted by Crippen LogP contribution is -2.58. The van der Waals surface area contributed by atoms with Gasteiger partial charge in [0.25, 0.3) is 0 Å². The first-order valence-electron chi connectivity index (χ1n) is 14.6. The molecule has 0 saturated heterocycles. The number of halogens is 1. The van der Waals surface area contributed by atoms with Crippen molar-refractivity contribution in [3.63, 3.8) is 0 Å². The van der Waals surface area contributed by atoms with Gasteiger partial charge in [-0.05, 0) is 74.0 Å². The standard InChI is InChI=1S/C31H44BFN2O6/c1-8-29(5)15-24(30(6)18-31(13-11-19(30)2,14-12-20(3)36)21(4)28(29)38)41-25(37)17-40-23-10-9-22-16-34-35(7)32(39)26(22)27(23)33/h8-10,16,19,21,24,28,38-39H,1,11-15,17-18H2,2-7H3/t19-,21+,24-,28+,29-,30+,31-/m1/s1. The Bertz CT molecular complexity index is 1230. The molecule has 2 fully saturated rings. The molecule has 2 saturated carbocycles. The second-order valence-corrected chi connectivity index (χ2v) is 13.2. The summed E-state index contributed by atoms with van der Waals surface area (Å²) in [6.07, 6.45) is 5.89. The molecule has 2 N–H and O–H groups in total. The van der Waals surface area contributed by atoms with Crippen molar-refractivity contribution in [2.75, 3.05) is 13.7 Å². The summed E-state index contributed by atoms with van der Waals surface area (Å²) < 4.78 is 27.0. The Morgan fingerprint density at radius 2 is 2.02 bits per heavy atom. The van der Waals surface area contributed by atoms with Gasteiger partial charge in [-0.15, -0.1) is 6.58 Å². The summed E-state index contributed by atoms with van der Waals surface area (Å²) in [7, 11) is 0.251. The van der Waals surface area contributed by atoms with Crippen LogP contribution in [0.15, 0.2) is 29.9 Å². The highest BCUT2D eigenvalue weighted by atomic mass is 19.1. The number of Topliss-reactive ketones (excluding diaryl/α,β-unsaturated/α-hetero) is 1. The van der Waals surface area contributed by atoms with Crippen molar-refractivity contribution < 1.29 is 33.6 Å². The number of ether oxygens (including phenoxy) is 2. The van der Waals surface area contributed by atoms with Crippen LogP contribution < -0.4 is 10.2 Å². The van der Waals surface area contributed by atoms with E-state index in [-0.39, 0.29) is 34.2 Å². The first-order chi connectivity index (χ1) is 19.2. The predicted molar refractivity (Wildman–Crippen MR) is 156 cm³/mol. The van der Waals surface area contributed by atoms with E-state index in [0.29, 0.717) is 31.2 Å². The Morgan fingerprint density at radius 1 is 1.32 bits per heavy atom. The van der Waals surface area contributed by atoms with E-state index in [1.54, 1.807) is 19.1 Å². The number of esters is 1. The van der Waals surface area contributed by atoms with Gasteiger partial charge in [-0.1, -0.05) is 33.8 Å². The summed E-state index contributed by atoms with van der Waals surface area (Å²) in [6, 6.07) is 2.98. The van der Waals surface area contributed by atoms with Crippen LogP contribution in [0.1, 0.15) is 78.7 Å². The van der Waals surface area contributed by atoms with Crippen molar-refractivity contribution >= 4 is 30.5 Å². The number of carbonyl (C=O) groups is 2. The van der Waals surface area contributed by atoms with E-state index in [9.17, 15) is 19.7 Å². The second-order valence-electron chi connectivity index (χ2n) is 13.2. The topological polar surface area (TPSA) is 109 Å². The summed E-state index contributed by atoms with van der Waals surface area (Å²) in [5, 5.41) is 26.1. The number of fused-ring (bicyclic) bond motifs is 3. The Kier molecular flexibility index (Phi) is 8.77. The first kappa shape index (κ1) is 31.2. The summed E-state index contributed by atoms with van der Waals surface area (Å²) in [5.41, 5.74) is -0.985. The largest absolute Gasteiger partial charge is 0.479 e. The average Bonchev–Trinajstić information content (AvgIpc) is 2.93. The van der Waals surface area contributed by atoms with Crippen LogP contribution in [0.25, 0.3) is 0 Å². The van der Waals surface area contributed by atoms with Crippen molar-refractivity contribution in [3.05, 3.63) is 36.2 Å². The highest BCUT2D eigenvalue weighted by Crippen LogP contribution is 2.62. The molecule has 4 rings (SSSR count). The minimum absolute atomic E-state index is 0.0312. The molecule has 7 atom stereocenters.